The van der Waals surface area contributed by atoms with Crippen LogP contribution in [0.25, 0.3) is 0 Å². The number of nitrogens with one attached hydrogen (secondary N) is 1. The van der Waals surface area contributed by atoms with Crippen LogP contribution in [-0.4, -0.2) is 16.9 Å². The van der Waals surface area contributed by atoms with Crippen LogP contribution in [0.3, 0.4) is 0 Å². The molecule has 3 nitrogen and oxygen atoms in total. The Hall–Kier alpha value is -1.46. The molecule has 110 valence electrons. The van der Waals surface area contributed by atoms with Gasteiger partial charge in [-0.2, -0.15) is 0 Å². The van der Waals surface area contributed by atoms with Crippen LogP contribution in [0.5, 0.6) is 0 Å². The fourth-order valence-corrected chi connectivity index (χ4v) is 3.01. The van der Waals surface area contributed by atoms with Gasteiger partial charge in [0.2, 0.25) is 0 Å². The highest BCUT2D eigenvalue weighted by Gasteiger charge is 2.14. The standard InChI is InChI=1S/C16H17BrN2OS/c1-11(2)8-13(9-12-6-4-3-5-7-12)18-15(20)14-10-21-16(17)19-14/h3-8,10,13H,9H2,1-2H3,(H,18,20)/t13-/m1/s1. The number of amides is 1. The lowest BCUT2D eigenvalue weighted by atomic mass is 10.0. The Morgan fingerprint density at radius 1 is 1.38 bits per heavy atom. The number of halogens is 1. The number of thiazole rings is 1. The summed E-state index contributed by atoms with van der Waals surface area (Å²) in [6.45, 7) is 4.06. The van der Waals surface area contributed by atoms with Gasteiger partial charge < -0.3 is 5.32 Å². The minimum Gasteiger partial charge on any atom is -0.344 e. The monoisotopic (exact) mass is 364 g/mol. The number of rotatable bonds is 5. The lowest BCUT2D eigenvalue weighted by molar-refractivity contribution is 0.0940. The van der Waals surface area contributed by atoms with Crippen LogP contribution in [0.2, 0.25) is 0 Å². The van der Waals surface area contributed by atoms with Crippen molar-refractivity contribution < 1.29 is 4.79 Å². The Kier molecular flexibility index (Phi) is 5.70. The highest BCUT2D eigenvalue weighted by atomic mass is 79.9. The normalized spacial score (nSPS) is 11.8. The van der Waals surface area contributed by atoms with E-state index in [1.165, 1.54) is 22.5 Å². The molecule has 1 amide bonds. The molecule has 0 aliphatic heterocycles. The van der Waals surface area contributed by atoms with Gasteiger partial charge in [-0.1, -0.05) is 42.0 Å². The maximum atomic E-state index is 12.2. The average Bonchev–Trinajstić information content (AvgIpc) is 2.86. The topological polar surface area (TPSA) is 42.0 Å². The second-order valence-corrected chi connectivity index (χ2v) is 7.13. The Balaban J connectivity index is 2.10. The Bertz CT molecular complexity index is 633. The van der Waals surface area contributed by atoms with E-state index in [1.54, 1.807) is 5.38 Å². The zero-order chi connectivity index (χ0) is 15.2. The molecule has 1 aromatic heterocycles. The first-order valence-electron chi connectivity index (χ1n) is 6.65. The van der Waals surface area contributed by atoms with Crippen molar-refractivity contribution in [3.63, 3.8) is 0 Å². The summed E-state index contributed by atoms with van der Waals surface area (Å²) >= 11 is 4.68. The molecule has 0 fully saturated rings. The van der Waals surface area contributed by atoms with Gasteiger partial charge in [0.1, 0.15) is 5.69 Å². The molecule has 0 unspecified atom stereocenters. The van der Waals surface area contributed by atoms with Crippen LogP contribution < -0.4 is 5.32 Å². The molecular weight excluding hydrogens is 348 g/mol. The molecule has 0 aliphatic carbocycles. The first kappa shape index (κ1) is 15.9. The highest BCUT2D eigenvalue weighted by molar-refractivity contribution is 9.11. The van der Waals surface area contributed by atoms with Gasteiger partial charge in [0.15, 0.2) is 3.92 Å². The van der Waals surface area contributed by atoms with E-state index in [2.05, 4.69) is 44.4 Å². The van der Waals surface area contributed by atoms with Crippen molar-refractivity contribution in [3.05, 3.63) is 62.5 Å². The van der Waals surface area contributed by atoms with Crippen molar-refractivity contribution in [2.24, 2.45) is 0 Å². The van der Waals surface area contributed by atoms with Crippen LogP contribution in [0.4, 0.5) is 0 Å². The van der Waals surface area contributed by atoms with E-state index in [-0.39, 0.29) is 11.9 Å². The summed E-state index contributed by atoms with van der Waals surface area (Å²) in [4.78, 5) is 16.4. The van der Waals surface area contributed by atoms with Crippen molar-refractivity contribution in [2.45, 2.75) is 26.3 Å². The smallest absolute Gasteiger partial charge is 0.271 e. The number of carbonyl (C=O) groups is 1. The second-order valence-electron chi connectivity index (χ2n) is 5.00. The van der Waals surface area contributed by atoms with Gasteiger partial charge in [0.25, 0.3) is 5.91 Å². The molecule has 1 N–H and O–H groups in total. The minimum atomic E-state index is -0.143. The maximum absolute atomic E-state index is 12.2. The summed E-state index contributed by atoms with van der Waals surface area (Å²) in [5, 5.41) is 4.79. The van der Waals surface area contributed by atoms with Crippen molar-refractivity contribution >= 4 is 33.2 Å². The van der Waals surface area contributed by atoms with Gasteiger partial charge in [-0.3, -0.25) is 4.79 Å². The van der Waals surface area contributed by atoms with Gasteiger partial charge in [0.05, 0.1) is 6.04 Å². The zero-order valence-electron chi connectivity index (χ0n) is 12.0. The largest absolute Gasteiger partial charge is 0.344 e. The van der Waals surface area contributed by atoms with Crippen LogP contribution in [0, 0.1) is 0 Å². The van der Waals surface area contributed by atoms with E-state index < -0.39 is 0 Å². The molecule has 0 saturated heterocycles. The first-order valence-corrected chi connectivity index (χ1v) is 8.32. The number of hydrogen-bond acceptors (Lipinski definition) is 3. The number of hydrogen-bond donors (Lipinski definition) is 1. The molecule has 21 heavy (non-hydrogen) atoms. The fourth-order valence-electron chi connectivity index (χ4n) is 2.02. The average molecular weight is 365 g/mol. The maximum Gasteiger partial charge on any atom is 0.271 e. The first-order chi connectivity index (χ1) is 10.0. The predicted molar refractivity (Wildman–Crippen MR) is 90.6 cm³/mol. The quantitative estimate of drug-likeness (QED) is 0.807. The second kappa shape index (κ2) is 7.52. The molecule has 0 radical (unpaired) electrons. The number of nitrogens with zero attached hydrogens (tertiary/aromatic N) is 1. The number of carbonyl (C=O) groups excluding carboxylic acids is 1. The molecular formula is C16H17BrN2OS. The molecule has 0 aliphatic rings. The molecule has 0 bridgehead atoms. The Labute approximate surface area is 137 Å². The third-order valence-corrected chi connectivity index (χ3v) is 4.22. The van der Waals surface area contributed by atoms with Gasteiger partial charge in [0, 0.05) is 5.38 Å². The van der Waals surface area contributed by atoms with E-state index in [0.29, 0.717) is 5.69 Å². The lowest BCUT2D eigenvalue weighted by Gasteiger charge is -2.15. The van der Waals surface area contributed by atoms with Crippen LogP contribution in [-0.2, 0) is 6.42 Å². The van der Waals surface area contributed by atoms with Crippen molar-refractivity contribution in [1.82, 2.24) is 10.3 Å². The summed E-state index contributed by atoms with van der Waals surface area (Å²) in [6.07, 6.45) is 2.84. The third-order valence-electron chi connectivity index (χ3n) is 2.86. The summed E-state index contributed by atoms with van der Waals surface area (Å²) in [6, 6.07) is 10.1. The van der Waals surface area contributed by atoms with Crippen molar-refractivity contribution in [1.29, 1.82) is 0 Å². The van der Waals surface area contributed by atoms with Crippen LogP contribution in [0.15, 0.2) is 51.3 Å². The van der Waals surface area contributed by atoms with Gasteiger partial charge in [-0.15, -0.1) is 11.3 Å². The predicted octanol–water partition coefficient (Wildman–Crippen LogP) is 4.21. The molecule has 1 aromatic carbocycles. The van der Waals surface area contributed by atoms with E-state index in [9.17, 15) is 4.79 Å². The summed E-state index contributed by atoms with van der Waals surface area (Å²) in [5.41, 5.74) is 2.82. The molecule has 0 spiro atoms. The lowest BCUT2D eigenvalue weighted by Crippen LogP contribution is -2.35. The number of allylic oxidation sites excluding steroid dienone is 1. The Morgan fingerprint density at radius 2 is 2.10 bits per heavy atom. The minimum absolute atomic E-state index is 0.0367. The molecule has 2 rings (SSSR count). The summed E-state index contributed by atoms with van der Waals surface area (Å²) in [5.74, 6) is -0.143. The summed E-state index contributed by atoms with van der Waals surface area (Å²) in [7, 11) is 0. The van der Waals surface area contributed by atoms with Crippen LogP contribution in [0.1, 0.15) is 29.9 Å². The molecule has 5 heteroatoms. The number of aromatic nitrogens is 1. The van der Waals surface area contributed by atoms with Crippen LogP contribution >= 0.6 is 27.3 Å². The Morgan fingerprint density at radius 3 is 2.67 bits per heavy atom. The van der Waals surface area contributed by atoms with E-state index >= 15 is 0 Å². The molecule has 2 aromatic rings. The van der Waals surface area contributed by atoms with Crippen molar-refractivity contribution in [3.8, 4) is 0 Å². The molecule has 1 atom stereocenters. The van der Waals surface area contributed by atoms with Gasteiger partial charge in [-0.05, 0) is 41.8 Å². The van der Waals surface area contributed by atoms with E-state index in [1.807, 2.05) is 32.0 Å². The summed E-state index contributed by atoms with van der Waals surface area (Å²) < 4.78 is 0.717. The third kappa shape index (κ3) is 5.10. The molecule has 1 heterocycles. The van der Waals surface area contributed by atoms with E-state index in [4.69, 9.17) is 0 Å². The molecule has 0 saturated carbocycles. The SMILES string of the molecule is CC(C)=C[C@H](Cc1ccccc1)NC(=O)c1csc(Br)n1. The zero-order valence-corrected chi connectivity index (χ0v) is 14.4. The van der Waals surface area contributed by atoms with E-state index in [0.717, 1.165) is 10.3 Å². The van der Waals surface area contributed by atoms with Crippen molar-refractivity contribution in [2.75, 3.05) is 0 Å². The van der Waals surface area contributed by atoms with Gasteiger partial charge in [-0.25, -0.2) is 4.98 Å². The fraction of sp³-hybridized carbons (Fsp3) is 0.250. The number of benzene rings is 1. The van der Waals surface area contributed by atoms with Gasteiger partial charge >= 0.3 is 0 Å². The highest BCUT2D eigenvalue weighted by Crippen LogP contribution is 2.16.